The fraction of sp³-hybridized carbons (Fsp3) is 0.227. The Hall–Kier alpha value is -3.41. The molecule has 0 bridgehead atoms. The Morgan fingerprint density at radius 2 is 1.68 bits per heavy atom. The van der Waals surface area contributed by atoms with E-state index >= 15 is 0 Å². The molecule has 0 saturated carbocycles. The molecule has 0 fully saturated rings. The highest BCUT2D eigenvalue weighted by atomic mass is 16.5. The summed E-state index contributed by atoms with van der Waals surface area (Å²) < 4.78 is 7.13. The molecular weight excluding hydrogens is 356 g/mol. The molecule has 6 nitrogen and oxygen atoms in total. The van der Waals surface area contributed by atoms with E-state index < -0.39 is 18.6 Å². The third kappa shape index (κ3) is 3.81. The number of nitrogens with one attached hydrogen (secondary N) is 1. The van der Waals surface area contributed by atoms with Crippen molar-refractivity contribution in [2.75, 3.05) is 6.61 Å². The smallest absolute Gasteiger partial charge is 0.328 e. The number of carbonyl (C=O) groups excluding carboxylic acids is 3. The first kappa shape index (κ1) is 19.4. The third-order valence-corrected chi connectivity index (χ3v) is 4.55. The average Bonchev–Trinajstić information content (AvgIpc) is 2.99. The lowest BCUT2D eigenvalue weighted by atomic mass is 10.0. The molecular formula is C22H22N2O4. The van der Waals surface area contributed by atoms with Gasteiger partial charge in [-0.05, 0) is 18.6 Å². The van der Waals surface area contributed by atoms with Crippen LogP contribution in [0.3, 0.4) is 0 Å². The quantitative estimate of drug-likeness (QED) is 0.528. The van der Waals surface area contributed by atoms with Crippen LogP contribution >= 0.6 is 0 Å². The minimum atomic E-state index is -0.814. The van der Waals surface area contributed by atoms with E-state index in [4.69, 9.17) is 4.74 Å². The molecule has 0 aliphatic carbocycles. The van der Waals surface area contributed by atoms with Crippen LogP contribution < -0.4 is 5.32 Å². The molecule has 1 atom stereocenters. The Bertz CT molecular complexity index is 1040. The number of fused-ring (bicyclic) bond motifs is 1. The van der Waals surface area contributed by atoms with E-state index in [0.717, 1.165) is 22.2 Å². The summed E-state index contributed by atoms with van der Waals surface area (Å²) in [6.45, 7) is 2.44. The normalized spacial score (nSPS) is 11.8. The Balaban J connectivity index is 1.95. The zero-order valence-electron chi connectivity index (χ0n) is 16.1. The average molecular weight is 378 g/mol. The number of Topliss-reactive ketones (excluding diaryl/α,β-unsaturated/α-hetero) is 1. The first-order valence-electron chi connectivity index (χ1n) is 9.00. The number of rotatable bonds is 6. The third-order valence-electron chi connectivity index (χ3n) is 4.55. The summed E-state index contributed by atoms with van der Waals surface area (Å²) in [6, 6.07) is 16.4. The van der Waals surface area contributed by atoms with E-state index in [1.54, 1.807) is 0 Å². The summed E-state index contributed by atoms with van der Waals surface area (Å²) in [6.07, 6.45) is 0. The van der Waals surface area contributed by atoms with Gasteiger partial charge in [-0.15, -0.1) is 0 Å². The van der Waals surface area contributed by atoms with Gasteiger partial charge in [-0.25, -0.2) is 4.79 Å². The number of para-hydroxylation sites is 1. The minimum absolute atomic E-state index is 0.293. The van der Waals surface area contributed by atoms with Gasteiger partial charge in [0.2, 0.25) is 11.7 Å². The first-order valence-corrected chi connectivity index (χ1v) is 9.00. The molecule has 0 radical (unpaired) electrons. The van der Waals surface area contributed by atoms with E-state index in [-0.39, 0.29) is 11.7 Å². The lowest BCUT2D eigenvalue weighted by Crippen LogP contribution is -2.38. The highest BCUT2D eigenvalue weighted by Gasteiger charge is 2.24. The number of ketones is 1. The minimum Gasteiger partial charge on any atom is -0.456 e. The Morgan fingerprint density at radius 1 is 1.04 bits per heavy atom. The predicted molar refractivity (Wildman–Crippen MR) is 107 cm³/mol. The number of aromatic nitrogens is 1. The van der Waals surface area contributed by atoms with Gasteiger partial charge in [0.25, 0.3) is 0 Å². The van der Waals surface area contributed by atoms with Crippen LogP contribution in [0.25, 0.3) is 22.2 Å². The number of aryl methyl sites for hydroxylation is 1. The molecule has 28 heavy (non-hydrogen) atoms. The predicted octanol–water partition coefficient (Wildman–Crippen LogP) is 3.10. The van der Waals surface area contributed by atoms with Crippen molar-refractivity contribution in [2.24, 2.45) is 7.05 Å². The van der Waals surface area contributed by atoms with Gasteiger partial charge in [0, 0.05) is 24.9 Å². The van der Waals surface area contributed by atoms with E-state index in [0.29, 0.717) is 5.56 Å². The highest BCUT2D eigenvalue weighted by Crippen LogP contribution is 2.33. The summed E-state index contributed by atoms with van der Waals surface area (Å²) in [5.41, 5.74) is 3.12. The van der Waals surface area contributed by atoms with Gasteiger partial charge in [0.1, 0.15) is 6.04 Å². The topological polar surface area (TPSA) is 77.4 Å². The number of esters is 1. The molecule has 3 rings (SSSR count). The molecule has 0 unspecified atom stereocenters. The number of ether oxygens (including phenoxy) is 1. The van der Waals surface area contributed by atoms with Gasteiger partial charge in [0.05, 0.1) is 11.3 Å². The summed E-state index contributed by atoms with van der Waals surface area (Å²) >= 11 is 0. The second kappa shape index (κ2) is 8.08. The molecule has 6 heteroatoms. The highest BCUT2D eigenvalue weighted by molar-refractivity contribution is 6.14. The van der Waals surface area contributed by atoms with Gasteiger partial charge in [-0.1, -0.05) is 48.5 Å². The number of benzene rings is 2. The lowest BCUT2D eigenvalue weighted by molar-refractivity contribution is -0.146. The maximum Gasteiger partial charge on any atom is 0.328 e. The number of nitrogens with zero attached hydrogens (tertiary/aromatic N) is 1. The van der Waals surface area contributed by atoms with E-state index in [2.05, 4.69) is 5.32 Å². The van der Waals surface area contributed by atoms with Crippen LogP contribution in [0.2, 0.25) is 0 Å². The standard InChI is InChI=1S/C22H22N2O4/c1-14(23-15(2)25)22(27)28-13-19(26)20-17-11-7-8-12-18(17)24(3)21(20)16-9-5-4-6-10-16/h4-12,14H,13H2,1-3H3,(H,23,25)/t14-/m1/s1. The van der Waals surface area contributed by atoms with Crippen LogP contribution in [0.1, 0.15) is 24.2 Å². The summed E-state index contributed by atoms with van der Waals surface area (Å²) in [4.78, 5) is 36.2. The van der Waals surface area contributed by atoms with E-state index in [9.17, 15) is 14.4 Å². The van der Waals surface area contributed by atoms with Crippen LogP contribution in [0.15, 0.2) is 54.6 Å². The second-order valence-corrected chi connectivity index (χ2v) is 6.62. The maximum atomic E-state index is 13.0. The molecule has 0 spiro atoms. The van der Waals surface area contributed by atoms with Gasteiger partial charge in [-0.3, -0.25) is 9.59 Å². The van der Waals surface area contributed by atoms with Gasteiger partial charge in [0.15, 0.2) is 6.61 Å². The molecule has 1 N–H and O–H groups in total. The molecule has 1 aromatic heterocycles. The van der Waals surface area contributed by atoms with Crippen molar-refractivity contribution in [1.82, 2.24) is 9.88 Å². The monoisotopic (exact) mass is 378 g/mol. The van der Waals surface area contributed by atoms with Crippen LogP contribution in [0.4, 0.5) is 0 Å². The molecule has 1 amide bonds. The Morgan fingerprint density at radius 3 is 2.36 bits per heavy atom. The molecule has 0 saturated heterocycles. The summed E-state index contributed by atoms with van der Waals surface area (Å²) in [7, 11) is 1.91. The van der Waals surface area contributed by atoms with Gasteiger partial charge >= 0.3 is 5.97 Å². The fourth-order valence-electron chi connectivity index (χ4n) is 3.31. The van der Waals surface area contributed by atoms with E-state index in [1.807, 2.05) is 66.2 Å². The van der Waals surface area contributed by atoms with Crippen molar-refractivity contribution in [3.63, 3.8) is 0 Å². The number of carbonyl (C=O) groups is 3. The number of hydrogen-bond donors (Lipinski definition) is 1. The van der Waals surface area contributed by atoms with Crippen molar-refractivity contribution in [1.29, 1.82) is 0 Å². The molecule has 1 heterocycles. The molecule has 0 aliphatic rings. The largest absolute Gasteiger partial charge is 0.456 e. The first-order chi connectivity index (χ1) is 13.4. The summed E-state index contributed by atoms with van der Waals surface area (Å²) in [5.74, 6) is -1.28. The van der Waals surface area contributed by atoms with Crippen molar-refractivity contribution in [3.8, 4) is 11.3 Å². The van der Waals surface area contributed by atoms with Gasteiger partial charge in [-0.2, -0.15) is 0 Å². The van der Waals surface area contributed by atoms with Crippen molar-refractivity contribution >= 4 is 28.6 Å². The molecule has 2 aromatic carbocycles. The SMILES string of the molecule is CC(=O)N[C@H](C)C(=O)OCC(=O)c1c(-c2ccccc2)n(C)c2ccccc12. The molecule has 0 aliphatic heterocycles. The van der Waals surface area contributed by atoms with Crippen LogP contribution in [0, 0.1) is 0 Å². The second-order valence-electron chi connectivity index (χ2n) is 6.62. The zero-order chi connectivity index (χ0) is 20.3. The number of hydrogen-bond acceptors (Lipinski definition) is 4. The van der Waals surface area contributed by atoms with Crippen molar-refractivity contribution in [2.45, 2.75) is 19.9 Å². The summed E-state index contributed by atoms with van der Waals surface area (Å²) in [5, 5.41) is 3.25. The Labute approximate surface area is 163 Å². The van der Waals surface area contributed by atoms with E-state index in [1.165, 1.54) is 13.8 Å². The van der Waals surface area contributed by atoms with Crippen molar-refractivity contribution < 1.29 is 19.1 Å². The van der Waals surface area contributed by atoms with Crippen LogP contribution in [-0.2, 0) is 21.4 Å². The zero-order valence-corrected chi connectivity index (χ0v) is 16.1. The van der Waals surface area contributed by atoms with Gasteiger partial charge < -0.3 is 14.6 Å². The van der Waals surface area contributed by atoms with Crippen molar-refractivity contribution in [3.05, 3.63) is 60.2 Å². The number of amides is 1. The Kier molecular flexibility index (Phi) is 5.59. The maximum absolute atomic E-state index is 13.0. The fourth-order valence-corrected chi connectivity index (χ4v) is 3.31. The van der Waals surface area contributed by atoms with Crippen LogP contribution in [0.5, 0.6) is 0 Å². The lowest BCUT2D eigenvalue weighted by Gasteiger charge is -2.12. The molecule has 3 aromatic rings. The van der Waals surface area contributed by atoms with Crippen LogP contribution in [-0.4, -0.2) is 34.9 Å². The molecule has 144 valence electrons.